The van der Waals surface area contributed by atoms with E-state index in [9.17, 15) is 10.1 Å². The molecule has 0 fully saturated rings. The molecule has 0 saturated carbocycles. The van der Waals surface area contributed by atoms with Crippen molar-refractivity contribution in [3.8, 4) is 17.5 Å². The van der Waals surface area contributed by atoms with Crippen LogP contribution in [0.4, 0.5) is 5.69 Å². The molecule has 3 aromatic rings. The Balaban J connectivity index is 2.21. The van der Waals surface area contributed by atoms with Crippen molar-refractivity contribution in [3.63, 3.8) is 0 Å². The predicted molar refractivity (Wildman–Crippen MR) is 86.8 cm³/mol. The van der Waals surface area contributed by atoms with E-state index in [4.69, 9.17) is 5.26 Å². The van der Waals surface area contributed by atoms with Crippen molar-refractivity contribution in [1.29, 1.82) is 5.26 Å². The Bertz CT molecular complexity index is 937. The summed E-state index contributed by atoms with van der Waals surface area (Å²) in [7, 11) is 0. The zero-order valence-electron chi connectivity index (χ0n) is 12.6. The molecule has 0 N–H and O–H groups in total. The Morgan fingerprint density at radius 2 is 2.09 bits per heavy atom. The van der Waals surface area contributed by atoms with Gasteiger partial charge in [-0.05, 0) is 19.1 Å². The molecule has 3 rings (SSSR count). The highest BCUT2D eigenvalue weighted by Gasteiger charge is 2.17. The van der Waals surface area contributed by atoms with Crippen LogP contribution >= 0.6 is 0 Å². The molecule has 0 amide bonds. The molecule has 6 nitrogen and oxygen atoms in total. The second-order valence-corrected chi connectivity index (χ2v) is 5.24. The Morgan fingerprint density at radius 1 is 1.30 bits per heavy atom. The Kier molecular flexibility index (Phi) is 3.77. The number of rotatable bonds is 4. The average molecular weight is 306 g/mol. The topological polar surface area (TPSA) is 84.8 Å². The number of fused-ring (bicyclic) bond motifs is 1. The van der Waals surface area contributed by atoms with E-state index in [2.05, 4.69) is 11.1 Å². The van der Waals surface area contributed by atoms with Crippen LogP contribution in [0.25, 0.3) is 22.4 Å². The first-order chi connectivity index (χ1) is 11.1. The monoisotopic (exact) mass is 306 g/mol. The summed E-state index contributed by atoms with van der Waals surface area (Å²) in [6.07, 6.45) is 0.349. The second kappa shape index (κ2) is 5.89. The van der Waals surface area contributed by atoms with Gasteiger partial charge in [0.2, 0.25) is 0 Å². The normalized spacial score (nSPS) is 10.6. The summed E-state index contributed by atoms with van der Waals surface area (Å²) in [4.78, 5) is 15.4. The van der Waals surface area contributed by atoms with Gasteiger partial charge < -0.3 is 4.57 Å². The zero-order valence-corrected chi connectivity index (χ0v) is 12.6. The molecular weight excluding hydrogens is 292 g/mol. The predicted octanol–water partition coefficient (Wildman–Crippen LogP) is 3.83. The maximum absolute atomic E-state index is 11.2. The van der Waals surface area contributed by atoms with Gasteiger partial charge in [-0.3, -0.25) is 10.1 Å². The molecule has 23 heavy (non-hydrogen) atoms. The third-order valence-corrected chi connectivity index (χ3v) is 3.77. The van der Waals surface area contributed by atoms with Gasteiger partial charge >= 0.3 is 0 Å². The molecule has 6 heteroatoms. The van der Waals surface area contributed by atoms with Gasteiger partial charge in [0.05, 0.1) is 28.4 Å². The molecule has 0 spiro atoms. The van der Waals surface area contributed by atoms with Gasteiger partial charge in [0, 0.05) is 23.7 Å². The molecule has 0 aliphatic carbocycles. The number of nitrogens with zero attached hydrogens (tertiary/aromatic N) is 4. The van der Waals surface area contributed by atoms with E-state index < -0.39 is 0 Å². The molecule has 0 bridgehead atoms. The van der Waals surface area contributed by atoms with E-state index in [1.165, 1.54) is 0 Å². The second-order valence-electron chi connectivity index (χ2n) is 5.24. The van der Waals surface area contributed by atoms with Crippen LogP contribution in [0.2, 0.25) is 0 Å². The number of hydrogen-bond acceptors (Lipinski definition) is 4. The summed E-state index contributed by atoms with van der Waals surface area (Å²) < 4.78 is 1.94. The van der Waals surface area contributed by atoms with Gasteiger partial charge in [-0.25, -0.2) is 4.98 Å². The lowest BCUT2D eigenvalue weighted by Gasteiger charge is -2.08. The van der Waals surface area contributed by atoms with Crippen molar-refractivity contribution >= 4 is 16.7 Å². The van der Waals surface area contributed by atoms with Gasteiger partial charge in [-0.2, -0.15) is 5.26 Å². The summed E-state index contributed by atoms with van der Waals surface area (Å²) in [6, 6.07) is 14.9. The minimum atomic E-state index is -0.388. The summed E-state index contributed by atoms with van der Waals surface area (Å²) in [5, 5.41) is 20.0. The Morgan fingerprint density at radius 3 is 2.83 bits per heavy atom. The van der Waals surface area contributed by atoms with Crippen molar-refractivity contribution < 1.29 is 4.92 Å². The quantitative estimate of drug-likeness (QED) is 0.541. The van der Waals surface area contributed by atoms with Gasteiger partial charge in [-0.15, -0.1) is 0 Å². The molecule has 0 atom stereocenters. The number of nitro groups is 1. The molecule has 0 aliphatic heterocycles. The molecular formula is C17H14N4O2. The highest BCUT2D eigenvalue weighted by molar-refractivity contribution is 5.81. The minimum absolute atomic E-state index is 0.0707. The third-order valence-electron chi connectivity index (χ3n) is 3.77. The van der Waals surface area contributed by atoms with Crippen LogP contribution in [-0.2, 0) is 6.54 Å². The molecule has 0 saturated heterocycles. The lowest BCUT2D eigenvalue weighted by molar-refractivity contribution is -0.385. The van der Waals surface area contributed by atoms with Crippen LogP contribution in [0.1, 0.15) is 12.0 Å². The largest absolute Gasteiger partial charge is 0.323 e. The summed E-state index contributed by atoms with van der Waals surface area (Å²) in [5.41, 5.74) is 3.08. The Hall–Kier alpha value is -3.20. The average Bonchev–Trinajstić information content (AvgIpc) is 2.91. The third kappa shape index (κ3) is 2.64. The number of hydrogen-bond donors (Lipinski definition) is 0. The maximum Gasteiger partial charge on any atom is 0.273 e. The molecule has 0 radical (unpaired) electrons. The number of nitriles is 1. The fourth-order valence-electron chi connectivity index (χ4n) is 2.63. The van der Waals surface area contributed by atoms with Crippen LogP contribution in [0, 0.1) is 28.4 Å². The van der Waals surface area contributed by atoms with Gasteiger partial charge in [0.1, 0.15) is 5.82 Å². The van der Waals surface area contributed by atoms with Crippen LogP contribution in [0.5, 0.6) is 0 Å². The fourth-order valence-corrected chi connectivity index (χ4v) is 2.63. The van der Waals surface area contributed by atoms with E-state index in [-0.39, 0.29) is 10.6 Å². The lowest BCUT2D eigenvalue weighted by atomic mass is 10.1. The number of benzene rings is 2. The smallest absolute Gasteiger partial charge is 0.273 e. The Labute approximate surface area is 132 Å². The number of aryl methyl sites for hydroxylation is 2. The standard InChI is InChI=1S/C17H14N4O2/c1-12-7-8-13(11-16(12)21(22)23)17-19-14-5-2-3-6-15(14)20(17)10-4-9-18/h2-3,5-8,11H,4,10H2,1H3. The first kappa shape index (κ1) is 14.7. The number of para-hydroxylation sites is 2. The van der Waals surface area contributed by atoms with Crippen LogP contribution in [0.15, 0.2) is 42.5 Å². The maximum atomic E-state index is 11.2. The first-order valence-electron chi connectivity index (χ1n) is 7.19. The zero-order chi connectivity index (χ0) is 16.4. The van der Waals surface area contributed by atoms with Crippen molar-refractivity contribution in [2.24, 2.45) is 0 Å². The molecule has 2 aromatic carbocycles. The summed E-state index contributed by atoms with van der Waals surface area (Å²) in [6.45, 7) is 2.20. The number of aromatic nitrogens is 2. The van der Waals surface area contributed by atoms with Crippen molar-refractivity contribution in [2.45, 2.75) is 19.9 Å². The minimum Gasteiger partial charge on any atom is -0.323 e. The van der Waals surface area contributed by atoms with Crippen molar-refractivity contribution in [1.82, 2.24) is 9.55 Å². The van der Waals surface area contributed by atoms with Crippen molar-refractivity contribution in [3.05, 3.63) is 58.1 Å². The molecule has 1 heterocycles. The highest BCUT2D eigenvalue weighted by atomic mass is 16.6. The van der Waals surface area contributed by atoms with E-state index >= 15 is 0 Å². The van der Waals surface area contributed by atoms with E-state index in [1.807, 2.05) is 34.9 Å². The van der Waals surface area contributed by atoms with E-state index in [0.717, 1.165) is 11.0 Å². The highest BCUT2D eigenvalue weighted by Crippen LogP contribution is 2.29. The SMILES string of the molecule is Cc1ccc(-c2nc3ccccc3n2CCC#N)cc1[N+](=O)[O-]. The molecule has 0 unspecified atom stereocenters. The fraction of sp³-hybridized carbons (Fsp3) is 0.176. The lowest BCUT2D eigenvalue weighted by Crippen LogP contribution is -2.01. The van der Waals surface area contributed by atoms with Crippen LogP contribution in [0.3, 0.4) is 0 Å². The number of nitro benzene ring substituents is 1. The van der Waals surface area contributed by atoms with Gasteiger partial charge in [0.15, 0.2) is 0 Å². The molecule has 1 aromatic heterocycles. The molecule has 0 aliphatic rings. The van der Waals surface area contributed by atoms with Gasteiger partial charge in [-0.1, -0.05) is 24.3 Å². The van der Waals surface area contributed by atoms with Crippen LogP contribution in [-0.4, -0.2) is 14.5 Å². The summed E-state index contributed by atoms with van der Waals surface area (Å²) >= 11 is 0. The van der Waals surface area contributed by atoms with Crippen LogP contribution < -0.4 is 0 Å². The van der Waals surface area contributed by atoms with Crippen molar-refractivity contribution in [2.75, 3.05) is 0 Å². The summed E-state index contributed by atoms with van der Waals surface area (Å²) in [5.74, 6) is 0.643. The van der Waals surface area contributed by atoms with Gasteiger partial charge in [0.25, 0.3) is 5.69 Å². The molecule has 114 valence electrons. The van der Waals surface area contributed by atoms with E-state index in [0.29, 0.717) is 29.9 Å². The first-order valence-corrected chi connectivity index (χ1v) is 7.19. The number of imidazole rings is 1. The van der Waals surface area contributed by atoms with E-state index in [1.54, 1.807) is 19.1 Å².